The Balaban J connectivity index is 1.90. The lowest BCUT2D eigenvalue weighted by Gasteiger charge is -2.37. The van der Waals surface area contributed by atoms with Crippen LogP contribution in [0.2, 0.25) is 0 Å². The summed E-state index contributed by atoms with van der Waals surface area (Å²) in [6.45, 7) is 5.41. The van der Waals surface area contributed by atoms with Gasteiger partial charge in [0.15, 0.2) is 0 Å². The summed E-state index contributed by atoms with van der Waals surface area (Å²) >= 11 is 1.52. The number of thiophene rings is 1. The monoisotopic (exact) mass is 340 g/mol. The van der Waals surface area contributed by atoms with Crippen LogP contribution in [0.1, 0.15) is 21.6 Å². The molecule has 0 saturated carbocycles. The maximum Gasteiger partial charge on any atom is 0.244 e. The van der Waals surface area contributed by atoms with Crippen LogP contribution in [-0.2, 0) is 10.0 Å². The molecule has 1 fully saturated rings. The molecule has 1 aliphatic heterocycles. The van der Waals surface area contributed by atoms with Gasteiger partial charge >= 0.3 is 0 Å². The van der Waals surface area contributed by atoms with Crippen molar-refractivity contribution in [2.75, 3.05) is 26.7 Å². The Bertz CT molecular complexity index is 752. The third-order valence-corrected chi connectivity index (χ3v) is 7.15. The molecule has 1 N–H and O–H groups in total. The highest BCUT2D eigenvalue weighted by molar-refractivity contribution is 7.89. The number of piperazine rings is 1. The molecule has 2 aromatic rings. The van der Waals surface area contributed by atoms with E-state index in [2.05, 4.69) is 14.9 Å². The van der Waals surface area contributed by atoms with E-state index < -0.39 is 10.0 Å². The van der Waals surface area contributed by atoms with Crippen LogP contribution < -0.4 is 0 Å². The second-order valence-corrected chi connectivity index (χ2v) is 8.98. The van der Waals surface area contributed by atoms with Crippen LogP contribution >= 0.6 is 11.3 Å². The molecule has 0 amide bonds. The van der Waals surface area contributed by atoms with Crippen LogP contribution in [0, 0.1) is 13.8 Å². The van der Waals surface area contributed by atoms with Gasteiger partial charge in [-0.15, -0.1) is 11.3 Å². The van der Waals surface area contributed by atoms with Crippen molar-refractivity contribution in [1.29, 1.82) is 0 Å². The van der Waals surface area contributed by atoms with Crippen LogP contribution in [0.3, 0.4) is 0 Å². The maximum atomic E-state index is 12.9. The van der Waals surface area contributed by atoms with Crippen LogP contribution in [0.5, 0.6) is 0 Å². The Kier molecular flexibility index (Phi) is 4.11. The minimum atomic E-state index is -3.44. The number of imidazole rings is 1. The Hall–Kier alpha value is -1.22. The van der Waals surface area contributed by atoms with Gasteiger partial charge in [0.05, 0.1) is 10.9 Å². The van der Waals surface area contributed by atoms with Crippen LogP contribution in [-0.4, -0.2) is 54.3 Å². The third kappa shape index (κ3) is 2.71. The number of aryl methyl sites for hydroxylation is 2. The first-order valence-corrected chi connectivity index (χ1v) is 9.42. The molecule has 120 valence electrons. The number of nitrogens with one attached hydrogen (secondary N) is 1. The molecule has 3 heterocycles. The molecule has 2 aromatic heterocycles. The summed E-state index contributed by atoms with van der Waals surface area (Å²) in [4.78, 5) is 11.8. The Labute approximate surface area is 134 Å². The lowest BCUT2D eigenvalue weighted by atomic mass is 10.2. The molecule has 6 nitrogen and oxygen atoms in total. The largest absolute Gasteiger partial charge is 0.347 e. The number of hydrogen-bond acceptors (Lipinski definition) is 5. The standard InChI is InChI=1S/C14H20N4O2S2/c1-10-8-13(11(2)21-10)22(19,20)18-7-6-17(3)12(9-18)14-15-4-5-16-14/h4-5,8,12H,6-7,9H2,1-3H3,(H,15,16)/t12-/m1/s1. The molecular formula is C14H20N4O2S2. The minimum Gasteiger partial charge on any atom is -0.347 e. The van der Waals surface area contributed by atoms with Gasteiger partial charge in [-0.25, -0.2) is 13.4 Å². The summed E-state index contributed by atoms with van der Waals surface area (Å²) in [5, 5.41) is 0. The van der Waals surface area contributed by atoms with Gasteiger partial charge in [-0.3, -0.25) is 4.90 Å². The van der Waals surface area contributed by atoms with Gasteiger partial charge < -0.3 is 4.98 Å². The second-order valence-electron chi connectivity index (χ2n) is 5.61. The molecule has 1 saturated heterocycles. The van der Waals surface area contributed by atoms with Crippen molar-refractivity contribution >= 4 is 21.4 Å². The molecule has 0 unspecified atom stereocenters. The maximum absolute atomic E-state index is 12.9. The van der Waals surface area contributed by atoms with Crippen molar-refractivity contribution in [1.82, 2.24) is 19.2 Å². The van der Waals surface area contributed by atoms with Crippen LogP contribution in [0.4, 0.5) is 0 Å². The smallest absolute Gasteiger partial charge is 0.244 e. The second kappa shape index (κ2) is 5.77. The first-order valence-electron chi connectivity index (χ1n) is 7.16. The fourth-order valence-corrected chi connectivity index (χ4v) is 5.79. The van der Waals surface area contributed by atoms with Crippen molar-refractivity contribution < 1.29 is 8.42 Å². The van der Waals surface area contributed by atoms with Gasteiger partial charge in [0.1, 0.15) is 5.82 Å². The number of nitrogens with zero attached hydrogens (tertiary/aromatic N) is 3. The average Bonchev–Trinajstić information content (AvgIpc) is 3.09. The van der Waals surface area contributed by atoms with E-state index in [9.17, 15) is 8.42 Å². The molecule has 0 aromatic carbocycles. The number of sulfonamides is 1. The molecular weight excluding hydrogens is 320 g/mol. The van der Waals surface area contributed by atoms with Gasteiger partial charge in [0.2, 0.25) is 10.0 Å². The normalized spacial score (nSPS) is 21.3. The van der Waals surface area contributed by atoms with E-state index in [-0.39, 0.29) is 6.04 Å². The molecule has 0 aliphatic carbocycles. The third-order valence-electron chi connectivity index (χ3n) is 4.06. The van der Waals surface area contributed by atoms with Crippen LogP contribution in [0.15, 0.2) is 23.4 Å². The van der Waals surface area contributed by atoms with Crippen LogP contribution in [0.25, 0.3) is 0 Å². The summed E-state index contributed by atoms with van der Waals surface area (Å²) in [5.74, 6) is 0.806. The van der Waals surface area contributed by atoms with Crippen molar-refractivity contribution in [2.24, 2.45) is 0 Å². The minimum absolute atomic E-state index is 0.0430. The van der Waals surface area contributed by atoms with Gasteiger partial charge in [-0.05, 0) is 27.0 Å². The zero-order chi connectivity index (χ0) is 15.9. The zero-order valence-corrected chi connectivity index (χ0v) is 14.5. The highest BCUT2D eigenvalue weighted by Crippen LogP contribution is 2.31. The van der Waals surface area contributed by atoms with E-state index in [1.54, 1.807) is 22.8 Å². The van der Waals surface area contributed by atoms with Crippen molar-refractivity contribution in [3.8, 4) is 0 Å². The van der Waals surface area contributed by atoms with E-state index in [1.165, 1.54) is 11.3 Å². The molecule has 0 radical (unpaired) electrons. The Morgan fingerprint density at radius 2 is 2.14 bits per heavy atom. The van der Waals surface area contributed by atoms with E-state index in [1.807, 2.05) is 20.9 Å². The predicted octanol–water partition coefficient (Wildman–Crippen LogP) is 1.77. The summed E-state index contributed by atoms with van der Waals surface area (Å²) in [7, 11) is -1.45. The molecule has 0 bridgehead atoms. The molecule has 0 spiro atoms. The van der Waals surface area contributed by atoms with Gasteiger partial charge in [-0.1, -0.05) is 0 Å². The van der Waals surface area contributed by atoms with E-state index in [4.69, 9.17) is 0 Å². The lowest BCUT2D eigenvalue weighted by Crippen LogP contribution is -2.49. The SMILES string of the molecule is Cc1cc(S(=O)(=O)N2CCN(C)[C@@H](c3ncc[nH]3)C2)c(C)s1. The summed E-state index contributed by atoms with van der Waals surface area (Å²) in [5.41, 5.74) is 0. The quantitative estimate of drug-likeness (QED) is 0.924. The Morgan fingerprint density at radius 1 is 1.36 bits per heavy atom. The first-order chi connectivity index (χ1) is 10.4. The topological polar surface area (TPSA) is 69.3 Å². The van der Waals surface area contributed by atoms with Crippen molar-refractivity contribution in [3.63, 3.8) is 0 Å². The summed E-state index contributed by atoms with van der Waals surface area (Å²) in [6.07, 6.45) is 3.46. The summed E-state index contributed by atoms with van der Waals surface area (Å²) in [6, 6.07) is 1.73. The number of hydrogen-bond donors (Lipinski definition) is 1. The number of H-pyrrole nitrogens is 1. The summed E-state index contributed by atoms with van der Waals surface area (Å²) < 4.78 is 27.4. The van der Waals surface area contributed by atoms with Crippen molar-refractivity contribution in [3.05, 3.63) is 34.0 Å². The van der Waals surface area contributed by atoms with E-state index >= 15 is 0 Å². The number of likely N-dealkylation sites (N-methyl/N-ethyl adjacent to an activating group) is 1. The number of aromatic nitrogens is 2. The van der Waals surface area contributed by atoms with Gasteiger partial charge in [0.25, 0.3) is 0 Å². The first kappa shape index (κ1) is 15.7. The fraction of sp³-hybridized carbons (Fsp3) is 0.500. The average molecular weight is 340 g/mol. The number of rotatable bonds is 3. The highest BCUT2D eigenvalue weighted by Gasteiger charge is 2.35. The number of aromatic amines is 1. The van der Waals surface area contributed by atoms with Gasteiger partial charge in [0, 0.05) is 41.8 Å². The molecule has 22 heavy (non-hydrogen) atoms. The fourth-order valence-electron chi connectivity index (χ4n) is 2.82. The molecule has 1 aliphatic rings. The zero-order valence-electron chi connectivity index (χ0n) is 12.9. The molecule has 1 atom stereocenters. The van der Waals surface area contributed by atoms with E-state index in [0.717, 1.165) is 15.6 Å². The lowest BCUT2D eigenvalue weighted by molar-refractivity contribution is 0.142. The molecule has 3 rings (SSSR count). The predicted molar refractivity (Wildman–Crippen MR) is 86.5 cm³/mol. The molecule has 8 heteroatoms. The van der Waals surface area contributed by atoms with Crippen molar-refractivity contribution in [2.45, 2.75) is 24.8 Å². The highest BCUT2D eigenvalue weighted by atomic mass is 32.2. The Morgan fingerprint density at radius 3 is 2.73 bits per heavy atom. The van der Waals surface area contributed by atoms with Gasteiger partial charge in [-0.2, -0.15) is 4.31 Å². The van der Waals surface area contributed by atoms with E-state index in [0.29, 0.717) is 24.5 Å².